The molecule has 0 saturated carbocycles. The Bertz CT molecular complexity index is 695. The summed E-state index contributed by atoms with van der Waals surface area (Å²) in [7, 11) is -3.59. The van der Waals surface area contributed by atoms with Crippen molar-refractivity contribution in [1.29, 1.82) is 0 Å². The van der Waals surface area contributed by atoms with Gasteiger partial charge in [-0.2, -0.15) is 0 Å². The van der Waals surface area contributed by atoms with Gasteiger partial charge in [-0.1, -0.05) is 11.6 Å². The Morgan fingerprint density at radius 2 is 2.23 bits per heavy atom. The van der Waals surface area contributed by atoms with E-state index >= 15 is 0 Å². The zero-order chi connectivity index (χ0) is 15.7. The molecule has 0 radical (unpaired) electrons. The number of sulfonamides is 1. The minimum atomic E-state index is -3.59. The van der Waals surface area contributed by atoms with Crippen LogP contribution in [0.5, 0.6) is 5.75 Å². The molecule has 1 aromatic rings. The zero-order valence-electron chi connectivity index (χ0n) is 12.2. The number of halogens is 1. The van der Waals surface area contributed by atoms with E-state index in [1.165, 1.54) is 0 Å². The van der Waals surface area contributed by atoms with Gasteiger partial charge in [0.05, 0.1) is 11.5 Å². The average molecular weight is 344 g/mol. The third-order valence-corrected chi connectivity index (χ3v) is 5.86. The molecule has 0 aromatic heterocycles. The maximum absolute atomic E-state index is 12.5. The molecule has 22 heavy (non-hydrogen) atoms. The van der Waals surface area contributed by atoms with Crippen molar-refractivity contribution in [1.82, 2.24) is 4.72 Å². The predicted molar refractivity (Wildman–Crippen MR) is 85.4 cm³/mol. The molecule has 2 aliphatic heterocycles. The molecule has 1 aromatic carbocycles. The molecule has 1 N–H and O–H groups in total. The third kappa shape index (κ3) is 3.30. The standard InChI is InChI=1S/C15H18ClNO4S/c1-10(11-4-5-20-8-11)17-22(18,19)14-7-12-6-13(16)2-3-15(12)21-9-14/h2-3,6-7,10-11,17H,4-5,8-9H2,1H3. The lowest BCUT2D eigenvalue weighted by atomic mass is 10.0. The van der Waals surface area contributed by atoms with Crippen molar-refractivity contribution < 1.29 is 17.9 Å². The van der Waals surface area contributed by atoms with Crippen molar-refractivity contribution in [3.63, 3.8) is 0 Å². The fourth-order valence-corrected chi connectivity index (χ4v) is 4.16. The van der Waals surface area contributed by atoms with Crippen LogP contribution in [0.1, 0.15) is 18.9 Å². The highest BCUT2D eigenvalue weighted by molar-refractivity contribution is 7.93. The maximum Gasteiger partial charge on any atom is 0.240 e. The summed E-state index contributed by atoms with van der Waals surface area (Å²) in [5.41, 5.74) is 0.677. The number of hydrogen-bond donors (Lipinski definition) is 1. The summed E-state index contributed by atoms with van der Waals surface area (Å²) in [6.07, 6.45) is 2.49. The lowest BCUT2D eigenvalue weighted by Crippen LogP contribution is -2.40. The highest BCUT2D eigenvalue weighted by Crippen LogP contribution is 2.30. The zero-order valence-corrected chi connectivity index (χ0v) is 13.8. The summed E-state index contributed by atoms with van der Waals surface area (Å²) >= 11 is 5.95. The Labute approximate surface area is 135 Å². The van der Waals surface area contributed by atoms with Crippen LogP contribution in [0.25, 0.3) is 6.08 Å². The van der Waals surface area contributed by atoms with Gasteiger partial charge in [0.2, 0.25) is 10.0 Å². The van der Waals surface area contributed by atoms with Crippen LogP contribution in [0, 0.1) is 5.92 Å². The molecule has 2 heterocycles. The van der Waals surface area contributed by atoms with E-state index < -0.39 is 10.0 Å². The quantitative estimate of drug-likeness (QED) is 0.911. The minimum Gasteiger partial charge on any atom is -0.487 e. The first kappa shape index (κ1) is 15.8. The Hall–Kier alpha value is -1.08. The van der Waals surface area contributed by atoms with Gasteiger partial charge in [-0.25, -0.2) is 13.1 Å². The van der Waals surface area contributed by atoms with Crippen molar-refractivity contribution in [2.75, 3.05) is 19.8 Å². The number of fused-ring (bicyclic) bond motifs is 1. The molecule has 1 saturated heterocycles. The van der Waals surface area contributed by atoms with Gasteiger partial charge >= 0.3 is 0 Å². The lowest BCUT2D eigenvalue weighted by molar-refractivity contribution is 0.180. The first-order valence-electron chi connectivity index (χ1n) is 7.19. The summed E-state index contributed by atoms with van der Waals surface area (Å²) in [6.45, 7) is 3.18. The van der Waals surface area contributed by atoms with Crippen LogP contribution in [0.4, 0.5) is 0 Å². The van der Waals surface area contributed by atoms with Crippen LogP contribution in [-0.4, -0.2) is 34.3 Å². The van der Waals surface area contributed by atoms with E-state index in [0.717, 1.165) is 6.42 Å². The molecule has 0 spiro atoms. The lowest BCUT2D eigenvalue weighted by Gasteiger charge is -2.22. The molecule has 3 rings (SSSR count). The van der Waals surface area contributed by atoms with Crippen molar-refractivity contribution in [3.8, 4) is 5.75 Å². The number of hydrogen-bond acceptors (Lipinski definition) is 4. The highest BCUT2D eigenvalue weighted by Gasteiger charge is 2.29. The molecule has 2 atom stereocenters. The second-order valence-electron chi connectivity index (χ2n) is 5.62. The smallest absolute Gasteiger partial charge is 0.240 e. The Morgan fingerprint density at radius 3 is 2.95 bits per heavy atom. The van der Waals surface area contributed by atoms with E-state index in [2.05, 4.69) is 4.72 Å². The molecule has 120 valence electrons. The van der Waals surface area contributed by atoms with Crippen LogP contribution in [0.3, 0.4) is 0 Å². The molecule has 2 aliphatic rings. The van der Waals surface area contributed by atoms with E-state index in [-0.39, 0.29) is 23.5 Å². The van der Waals surface area contributed by atoms with E-state index in [1.807, 2.05) is 6.92 Å². The Balaban J connectivity index is 1.80. The van der Waals surface area contributed by atoms with Crippen LogP contribution in [-0.2, 0) is 14.8 Å². The number of benzene rings is 1. The van der Waals surface area contributed by atoms with Crippen LogP contribution < -0.4 is 9.46 Å². The fourth-order valence-electron chi connectivity index (χ4n) is 2.65. The number of rotatable bonds is 4. The summed E-state index contributed by atoms with van der Waals surface area (Å²) in [6, 6.07) is 4.98. The first-order valence-corrected chi connectivity index (χ1v) is 9.05. The van der Waals surface area contributed by atoms with Gasteiger partial charge in [-0.15, -0.1) is 0 Å². The van der Waals surface area contributed by atoms with Crippen molar-refractivity contribution >= 4 is 27.7 Å². The normalized spacial score (nSPS) is 22.6. The van der Waals surface area contributed by atoms with Crippen molar-refractivity contribution in [2.24, 2.45) is 5.92 Å². The van der Waals surface area contributed by atoms with Gasteiger partial charge in [0.1, 0.15) is 12.4 Å². The molecule has 7 heteroatoms. The van der Waals surface area contributed by atoms with E-state index in [0.29, 0.717) is 29.5 Å². The first-order chi connectivity index (χ1) is 10.5. The second-order valence-corrected chi connectivity index (χ2v) is 7.82. The molecule has 2 unspecified atom stereocenters. The van der Waals surface area contributed by atoms with Gasteiger partial charge in [-0.05, 0) is 37.6 Å². The maximum atomic E-state index is 12.5. The van der Waals surface area contributed by atoms with E-state index in [4.69, 9.17) is 21.1 Å². The van der Waals surface area contributed by atoms with Crippen LogP contribution in [0.2, 0.25) is 5.02 Å². The van der Waals surface area contributed by atoms with Crippen LogP contribution >= 0.6 is 11.6 Å². The summed E-state index contributed by atoms with van der Waals surface area (Å²) in [4.78, 5) is 0.216. The monoisotopic (exact) mass is 343 g/mol. The average Bonchev–Trinajstić information content (AvgIpc) is 3.00. The SMILES string of the molecule is CC(NS(=O)(=O)C1=Cc2cc(Cl)ccc2OC1)C1CCOC1. The molecule has 5 nitrogen and oxygen atoms in total. The third-order valence-electron chi connectivity index (χ3n) is 4.02. The van der Waals surface area contributed by atoms with Crippen molar-refractivity contribution in [2.45, 2.75) is 19.4 Å². The van der Waals surface area contributed by atoms with E-state index in [9.17, 15) is 8.42 Å². The van der Waals surface area contributed by atoms with Gasteiger partial charge in [0.15, 0.2) is 0 Å². The Morgan fingerprint density at radius 1 is 1.41 bits per heavy atom. The summed E-state index contributed by atoms with van der Waals surface area (Å²) in [5.74, 6) is 0.849. The highest BCUT2D eigenvalue weighted by atomic mass is 35.5. The van der Waals surface area contributed by atoms with Gasteiger partial charge < -0.3 is 9.47 Å². The molecule has 0 bridgehead atoms. The largest absolute Gasteiger partial charge is 0.487 e. The van der Waals surface area contributed by atoms with Crippen molar-refractivity contribution in [3.05, 3.63) is 33.7 Å². The fraction of sp³-hybridized carbons (Fsp3) is 0.467. The topological polar surface area (TPSA) is 64.6 Å². The van der Waals surface area contributed by atoms with Gasteiger partial charge in [0, 0.05) is 29.2 Å². The Kier molecular flexibility index (Phi) is 4.45. The summed E-state index contributed by atoms with van der Waals surface area (Å²) < 4.78 is 38.6. The number of ether oxygens (including phenoxy) is 2. The molecular weight excluding hydrogens is 326 g/mol. The number of nitrogens with one attached hydrogen (secondary N) is 1. The molecule has 0 aliphatic carbocycles. The molecule has 1 fully saturated rings. The second kappa shape index (κ2) is 6.20. The van der Waals surface area contributed by atoms with Gasteiger partial charge in [-0.3, -0.25) is 0 Å². The van der Waals surface area contributed by atoms with Crippen LogP contribution in [0.15, 0.2) is 23.1 Å². The molecule has 0 amide bonds. The van der Waals surface area contributed by atoms with Gasteiger partial charge in [0.25, 0.3) is 0 Å². The van der Waals surface area contributed by atoms with E-state index in [1.54, 1.807) is 24.3 Å². The molecular formula is C15H18ClNO4S. The summed E-state index contributed by atoms with van der Waals surface area (Å²) in [5, 5.41) is 0.543. The minimum absolute atomic E-state index is 0.0256. The predicted octanol–water partition coefficient (Wildman–Crippen LogP) is 2.42.